The van der Waals surface area contributed by atoms with Crippen LogP contribution in [0.2, 0.25) is 0 Å². The Morgan fingerprint density at radius 1 is 0.696 bits per heavy atom. The number of nitrogens with zero attached hydrogens (tertiary/aromatic N) is 2. The van der Waals surface area contributed by atoms with Gasteiger partial charge in [0, 0.05) is 25.5 Å². The van der Waals surface area contributed by atoms with Crippen molar-refractivity contribution < 1.29 is 9.47 Å². The van der Waals surface area contributed by atoms with Crippen LogP contribution in [-0.2, 0) is 0 Å². The van der Waals surface area contributed by atoms with Gasteiger partial charge in [0.2, 0.25) is 0 Å². The van der Waals surface area contributed by atoms with Gasteiger partial charge in [0.15, 0.2) is 0 Å². The molecule has 0 unspecified atom stereocenters. The number of hydrogen-bond acceptors (Lipinski definition) is 4. The lowest BCUT2D eigenvalue weighted by atomic mass is 10.2. The first-order valence-corrected chi connectivity index (χ1v) is 7.59. The van der Waals surface area contributed by atoms with Crippen molar-refractivity contribution in [3.63, 3.8) is 0 Å². The molecule has 0 aliphatic heterocycles. The van der Waals surface area contributed by atoms with E-state index in [1.54, 1.807) is 14.2 Å². The fourth-order valence-corrected chi connectivity index (χ4v) is 1.97. The van der Waals surface area contributed by atoms with Gasteiger partial charge in [-0.3, -0.25) is 9.98 Å². The van der Waals surface area contributed by atoms with E-state index in [0.29, 0.717) is 0 Å². The Hall–Kier alpha value is -2.62. The van der Waals surface area contributed by atoms with Crippen molar-refractivity contribution in [1.82, 2.24) is 0 Å². The van der Waals surface area contributed by atoms with E-state index in [1.165, 1.54) is 0 Å². The molecule has 0 aromatic heterocycles. The zero-order valence-corrected chi connectivity index (χ0v) is 13.6. The third kappa shape index (κ3) is 5.94. The molecule has 2 aromatic rings. The molecule has 0 fully saturated rings. The molecular formula is C19H22N2O2. The lowest BCUT2D eigenvalue weighted by molar-refractivity contribution is 0.414. The van der Waals surface area contributed by atoms with Gasteiger partial charge in [-0.15, -0.1) is 0 Å². The Labute approximate surface area is 137 Å². The van der Waals surface area contributed by atoms with Crippen LogP contribution >= 0.6 is 0 Å². The molecule has 0 N–H and O–H groups in total. The van der Waals surface area contributed by atoms with Crippen molar-refractivity contribution in [3.8, 4) is 11.5 Å². The molecule has 120 valence electrons. The average molecular weight is 310 g/mol. The summed E-state index contributed by atoms with van der Waals surface area (Å²) >= 11 is 0. The van der Waals surface area contributed by atoms with Crippen LogP contribution in [0.25, 0.3) is 0 Å². The second-order valence-corrected chi connectivity index (χ2v) is 4.97. The van der Waals surface area contributed by atoms with Crippen molar-refractivity contribution in [2.24, 2.45) is 9.98 Å². The third-order valence-electron chi connectivity index (χ3n) is 3.29. The van der Waals surface area contributed by atoms with Gasteiger partial charge in [0.1, 0.15) is 11.5 Å². The molecule has 0 saturated carbocycles. The van der Waals surface area contributed by atoms with E-state index in [9.17, 15) is 0 Å². The highest BCUT2D eigenvalue weighted by Crippen LogP contribution is 2.10. The van der Waals surface area contributed by atoms with Crippen LogP contribution in [0.5, 0.6) is 11.5 Å². The molecule has 4 heteroatoms. The maximum atomic E-state index is 5.12. The number of methoxy groups -OCH3 is 2. The Balaban J connectivity index is 1.68. The maximum absolute atomic E-state index is 5.12. The van der Waals surface area contributed by atoms with Gasteiger partial charge in [-0.05, 0) is 66.1 Å². The zero-order chi connectivity index (χ0) is 16.3. The molecule has 0 heterocycles. The maximum Gasteiger partial charge on any atom is 0.118 e. The molecule has 0 atom stereocenters. The lowest BCUT2D eigenvalue weighted by Crippen LogP contribution is -1.90. The molecule has 0 aliphatic carbocycles. The summed E-state index contributed by atoms with van der Waals surface area (Å²) in [6.45, 7) is 1.54. The van der Waals surface area contributed by atoms with Crippen LogP contribution in [0.4, 0.5) is 0 Å². The molecule has 2 rings (SSSR count). The second kappa shape index (κ2) is 9.41. The first-order valence-electron chi connectivity index (χ1n) is 7.59. The molecule has 0 spiro atoms. The van der Waals surface area contributed by atoms with E-state index < -0.39 is 0 Å². The van der Waals surface area contributed by atoms with E-state index in [1.807, 2.05) is 61.0 Å². The minimum atomic E-state index is 0.770. The summed E-state index contributed by atoms with van der Waals surface area (Å²) in [5, 5.41) is 0. The first kappa shape index (κ1) is 16.7. The fraction of sp³-hybridized carbons (Fsp3) is 0.263. The predicted octanol–water partition coefficient (Wildman–Crippen LogP) is 3.63. The van der Waals surface area contributed by atoms with Crippen LogP contribution in [0.15, 0.2) is 58.5 Å². The zero-order valence-electron chi connectivity index (χ0n) is 13.6. The van der Waals surface area contributed by atoms with E-state index >= 15 is 0 Å². The Morgan fingerprint density at radius 2 is 1.09 bits per heavy atom. The van der Waals surface area contributed by atoms with Gasteiger partial charge in [-0.1, -0.05) is 0 Å². The molecule has 0 amide bonds. The normalized spacial score (nSPS) is 11.2. The molecule has 0 aliphatic rings. The Kier molecular flexibility index (Phi) is 6.85. The van der Waals surface area contributed by atoms with Crippen LogP contribution in [-0.4, -0.2) is 39.7 Å². The molecule has 0 saturated heterocycles. The van der Waals surface area contributed by atoms with Gasteiger partial charge in [-0.25, -0.2) is 0 Å². The third-order valence-corrected chi connectivity index (χ3v) is 3.29. The van der Waals surface area contributed by atoms with Gasteiger partial charge in [0.05, 0.1) is 14.2 Å². The summed E-state index contributed by atoms with van der Waals surface area (Å²) in [4.78, 5) is 8.82. The largest absolute Gasteiger partial charge is 0.497 e. The highest BCUT2D eigenvalue weighted by Gasteiger charge is 1.91. The van der Waals surface area contributed by atoms with Gasteiger partial charge >= 0.3 is 0 Å². The van der Waals surface area contributed by atoms with E-state index in [4.69, 9.17) is 9.47 Å². The summed E-state index contributed by atoms with van der Waals surface area (Å²) in [7, 11) is 3.32. The Morgan fingerprint density at radius 3 is 1.43 bits per heavy atom. The summed E-state index contributed by atoms with van der Waals surface area (Å²) in [5.74, 6) is 1.71. The second-order valence-electron chi connectivity index (χ2n) is 4.97. The molecule has 23 heavy (non-hydrogen) atoms. The van der Waals surface area contributed by atoms with Crippen LogP contribution < -0.4 is 9.47 Å². The number of ether oxygens (including phenoxy) is 2. The molecule has 0 bridgehead atoms. The minimum Gasteiger partial charge on any atom is -0.497 e. The first-order chi connectivity index (χ1) is 11.3. The minimum absolute atomic E-state index is 0.770. The molecule has 4 nitrogen and oxygen atoms in total. The fourth-order valence-electron chi connectivity index (χ4n) is 1.97. The summed E-state index contributed by atoms with van der Waals surface area (Å²) in [5.41, 5.74) is 2.15. The van der Waals surface area contributed by atoms with Gasteiger partial charge in [0.25, 0.3) is 0 Å². The average Bonchev–Trinajstić information content (AvgIpc) is 2.62. The van der Waals surface area contributed by atoms with E-state index in [2.05, 4.69) is 9.98 Å². The van der Waals surface area contributed by atoms with Crippen molar-refractivity contribution in [2.75, 3.05) is 27.3 Å². The van der Waals surface area contributed by atoms with Crippen molar-refractivity contribution in [3.05, 3.63) is 59.7 Å². The number of aliphatic imine (C=N–C) groups is 2. The Bertz CT molecular complexity index is 574. The number of rotatable bonds is 8. The lowest BCUT2D eigenvalue weighted by Gasteiger charge is -1.99. The highest BCUT2D eigenvalue weighted by molar-refractivity contribution is 5.80. The molecular weight excluding hydrogens is 288 g/mol. The molecule has 0 radical (unpaired) electrons. The van der Waals surface area contributed by atoms with Crippen LogP contribution in [0, 0.1) is 0 Å². The van der Waals surface area contributed by atoms with Crippen molar-refractivity contribution in [2.45, 2.75) is 6.42 Å². The summed E-state index contributed by atoms with van der Waals surface area (Å²) in [6, 6.07) is 15.7. The van der Waals surface area contributed by atoms with Crippen LogP contribution in [0.1, 0.15) is 17.5 Å². The standard InChI is InChI=1S/C19H22N2O2/c1-22-18-8-4-16(5-9-18)14-20-12-3-13-21-15-17-6-10-19(23-2)11-7-17/h4-11,14-15H,3,12-13H2,1-2H3/b20-14+,21-15+. The molecule has 2 aromatic carbocycles. The van der Waals surface area contributed by atoms with Crippen LogP contribution in [0.3, 0.4) is 0 Å². The smallest absolute Gasteiger partial charge is 0.118 e. The van der Waals surface area contributed by atoms with Gasteiger partial charge < -0.3 is 9.47 Å². The highest BCUT2D eigenvalue weighted by atomic mass is 16.5. The quantitative estimate of drug-likeness (QED) is 0.552. The van der Waals surface area contributed by atoms with E-state index in [0.717, 1.165) is 42.1 Å². The van der Waals surface area contributed by atoms with Crippen molar-refractivity contribution >= 4 is 12.4 Å². The SMILES string of the molecule is COc1ccc(/C=N/CCC/N=C/c2ccc(OC)cc2)cc1. The predicted molar refractivity (Wildman–Crippen MR) is 95.5 cm³/mol. The van der Waals surface area contributed by atoms with Crippen molar-refractivity contribution in [1.29, 1.82) is 0 Å². The monoisotopic (exact) mass is 310 g/mol. The topological polar surface area (TPSA) is 43.2 Å². The summed E-state index contributed by atoms with van der Waals surface area (Å²) < 4.78 is 10.2. The van der Waals surface area contributed by atoms with Gasteiger partial charge in [-0.2, -0.15) is 0 Å². The summed E-state index contributed by atoms with van der Waals surface area (Å²) in [6.07, 6.45) is 4.69. The van der Waals surface area contributed by atoms with E-state index in [-0.39, 0.29) is 0 Å². The number of hydrogen-bond donors (Lipinski definition) is 0. The number of benzene rings is 2.